The number of nitrogens with zero attached hydrogens (tertiary/aromatic N) is 6. The Morgan fingerprint density at radius 2 is 1.97 bits per heavy atom. The fraction of sp³-hybridized carbons (Fsp3) is 0.474. The molecular formula is C19H20F3N7O3S. The van der Waals surface area contributed by atoms with E-state index >= 15 is 0 Å². The molecule has 10 nitrogen and oxygen atoms in total. The molecule has 0 saturated carbocycles. The van der Waals surface area contributed by atoms with Crippen LogP contribution in [-0.4, -0.2) is 56.4 Å². The van der Waals surface area contributed by atoms with E-state index in [-0.39, 0.29) is 24.1 Å². The third-order valence-corrected chi connectivity index (χ3v) is 6.23. The molecule has 14 heteroatoms. The van der Waals surface area contributed by atoms with Gasteiger partial charge in [0.15, 0.2) is 10.8 Å². The van der Waals surface area contributed by atoms with E-state index in [1.807, 2.05) is 4.90 Å². The van der Waals surface area contributed by atoms with E-state index in [9.17, 15) is 22.8 Å². The second-order valence-electron chi connectivity index (χ2n) is 7.39. The maximum atomic E-state index is 13.1. The molecule has 3 aromatic rings. The van der Waals surface area contributed by atoms with Crippen LogP contribution < -0.4 is 10.2 Å². The van der Waals surface area contributed by atoms with Gasteiger partial charge in [0.05, 0.1) is 12.3 Å². The lowest BCUT2D eigenvalue weighted by Crippen LogP contribution is -2.38. The van der Waals surface area contributed by atoms with Crippen molar-refractivity contribution in [2.24, 2.45) is 5.92 Å². The second-order valence-corrected chi connectivity index (χ2v) is 8.39. The maximum absolute atomic E-state index is 13.1. The summed E-state index contributed by atoms with van der Waals surface area (Å²) in [6.45, 7) is 4.49. The zero-order valence-corrected chi connectivity index (χ0v) is 18.5. The Kier molecular flexibility index (Phi) is 6.19. The fourth-order valence-corrected chi connectivity index (χ4v) is 4.40. The van der Waals surface area contributed by atoms with Gasteiger partial charge >= 0.3 is 12.1 Å². The number of hydrogen-bond acceptors (Lipinski definition) is 9. The van der Waals surface area contributed by atoms with Gasteiger partial charge in [-0.15, -0.1) is 15.3 Å². The van der Waals surface area contributed by atoms with Crippen LogP contribution in [0.25, 0.3) is 5.65 Å². The van der Waals surface area contributed by atoms with Crippen molar-refractivity contribution in [3.63, 3.8) is 0 Å². The number of hydrogen-bond donors (Lipinski definition) is 1. The van der Waals surface area contributed by atoms with Crippen molar-refractivity contribution in [1.82, 2.24) is 24.8 Å². The predicted octanol–water partition coefficient (Wildman–Crippen LogP) is 2.94. The van der Waals surface area contributed by atoms with E-state index in [1.165, 1.54) is 6.07 Å². The molecule has 33 heavy (non-hydrogen) atoms. The number of rotatable bonds is 5. The molecule has 3 aromatic heterocycles. The number of ether oxygens (including phenoxy) is 1. The normalized spacial score (nSPS) is 15.1. The summed E-state index contributed by atoms with van der Waals surface area (Å²) in [5, 5.41) is 13.8. The molecular weight excluding hydrogens is 463 g/mol. The number of fused-ring (bicyclic) bond motifs is 1. The van der Waals surface area contributed by atoms with Crippen LogP contribution in [0.15, 0.2) is 12.1 Å². The largest absolute Gasteiger partial charge is 0.462 e. The molecule has 1 amide bonds. The SMILES string of the molecule is CCOC(=O)c1sc(NC(=O)C2CCN(c3ccc4nnc(C(F)(F)F)n4n3)CC2)nc1C. The van der Waals surface area contributed by atoms with Crippen LogP contribution in [0, 0.1) is 12.8 Å². The predicted molar refractivity (Wildman–Crippen MR) is 112 cm³/mol. The van der Waals surface area contributed by atoms with Gasteiger partial charge in [-0.25, -0.2) is 9.78 Å². The molecule has 0 bridgehead atoms. The number of esters is 1. The summed E-state index contributed by atoms with van der Waals surface area (Å²) in [5.74, 6) is -1.84. The summed E-state index contributed by atoms with van der Waals surface area (Å²) < 4.78 is 45.0. The fourth-order valence-electron chi connectivity index (χ4n) is 3.54. The van der Waals surface area contributed by atoms with Crippen molar-refractivity contribution in [2.75, 3.05) is 29.9 Å². The Hall–Kier alpha value is -3.29. The van der Waals surface area contributed by atoms with Gasteiger partial charge in [0.2, 0.25) is 5.91 Å². The number of nitrogens with one attached hydrogen (secondary N) is 1. The van der Waals surface area contributed by atoms with Crippen molar-refractivity contribution < 1.29 is 27.5 Å². The van der Waals surface area contributed by atoms with Crippen LogP contribution >= 0.6 is 11.3 Å². The molecule has 0 atom stereocenters. The molecule has 1 aliphatic heterocycles. The number of amides is 1. The summed E-state index contributed by atoms with van der Waals surface area (Å²) in [7, 11) is 0. The number of thiazole rings is 1. The van der Waals surface area contributed by atoms with Gasteiger partial charge in [-0.2, -0.15) is 17.7 Å². The van der Waals surface area contributed by atoms with Crippen LogP contribution in [0.2, 0.25) is 0 Å². The van der Waals surface area contributed by atoms with Crippen molar-refractivity contribution in [1.29, 1.82) is 0 Å². The second kappa shape index (κ2) is 8.92. The minimum Gasteiger partial charge on any atom is -0.462 e. The number of carbonyl (C=O) groups excluding carboxylic acids is 2. The zero-order chi connectivity index (χ0) is 23.8. The molecule has 1 N–H and O–H groups in total. The minimum absolute atomic E-state index is 0.00117. The highest BCUT2D eigenvalue weighted by Crippen LogP contribution is 2.29. The van der Waals surface area contributed by atoms with Gasteiger partial charge in [0.25, 0.3) is 5.82 Å². The summed E-state index contributed by atoms with van der Waals surface area (Å²) >= 11 is 1.06. The quantitative estimate of drug-likeness (QED) is 0.551. The third kappa shape index (κ3) is 4.74. The third-order valence-electron chi connectivity index (χ3n) is 5.18. The molecule has 1 saturated heterocycles. The maximum Gasteiger partial charge on any atom is 0.453 e. The Morgan fingerprint density at radius 3 is 2.64 bits per heavy atom. The van der Waals surface area contributed by atoms with Crippen LogP contribution in [0.4, 0.5) is 24.1 Å². The Balaban J connectivity index is 1.39. The number of alkyl halides is 3. The molecule has 0 aliphatic carbocycles. The lowest BCUT2D eigenvalue weighted by Gasteiger charge is -2.31. The molecule has 0 unspecified atom stereocenters. The number of anilines is 2. The van der Waals surface area contributed by atoms with Crippen LogP contribution in [0.5, 0.6) is 0 Å². The lowest BCUT2D eigenvalue weighted by atomic mass is 9.96. The van der Waals surface area contributed by atoms with Crippen molar-refractivity contribution >= 4 is 39.8 Å². The topological polar surface area (TPSA) is 115 Å². The Bertz CT molecular complexity index is 1190. The first kappa shape index (κ1) is 22.9. The highest BCUT2D eigenvalue weighted by atomic mass is 32.1. The summed E-state index contributed by atoms with van der Waals surface area (Å²) in [4.78, 5) is 31.0. The molecule has 176 valence electrons. The van der Waals surface area contributed by atoms with Crippen molar-refractivity contribution in [2.45, 2.75) is 32.9 Å². The van der Waals surface area contributed by atoms with Crippen molar-refractivity contribution in [3.05, 3.63) is 28.5 Å². The number of halogens is 3. The zero-order valence-electron chi connectivity index (χ0n) is 17.7. The Labute approximate surface area is 189 Å². The van der Waals surface area contributed by atoms with Crippen molar-refractivity contribution in [3.8, 4) is 0 Å². The highest BCUT2D eigenvalue weighted by molar-refractivity contribution is 7.17. The first-order valence-corrected chi connectivity index (χ1v) is 11.0. The van der Waals surface area contributed by atoms with Crippen LogP contribution in [-0.2, 0) is 15.7 Å². The minimum atomic E-state index is -4.67. The average Bonchev–Trinajstić information content (AvgIpc) is 3.36. The summed E-state index contributed by atoms with van der Waals surface area (Å²) in [5.41, 5.74) is 0.485. The smallest absolute Gasteiger partial charge is 0.453 e. The molecule has 4 heterocycles. The van der Waals surface area contributed by atoms with Crippen LogP contribution in [0.3, 0.4) is 0 Å². The van der Waals surface area contributed by atoms with Gasteiger partial charge in [0.1, 0.15) is 10.7 Å². The number of aryl methyl sites for hydroxylation is 1. The summed E-state index contributed by atoms with van der Waals surface area (Å²) in [6.07, 6.45) is -3.71. The van der Waals surface area contributed by atoms with Crippen LogP contribution in [0.1, 0.15) is 41.0 Å². The van der Waals surface area contributed by atoms with E-state index in [2.05, 4.69) is 25.6 Å². The highest BCUT2D eigenvalue weighted by Gasteiger charge is 2.38. The summed E-state index contributed by atoms with van der Waals surface area (Å²) in [6, 6.07) is 3.01. The molecule has 0 aromatic carbocycles. The first-order valence-electron chi connectivity index (χ1n) is 10.2. The van der Waals surface area contributed by atoms with Gasteiger partial charge in [-0.05, 0) is 38.8 Å². The van der Waals surface area contributed by atoms with Gasteiger partial charge in [-0.3, -0.25) is 4.79 Å². The van der Waals surface area contributed by atoms with Gasteiger partial charge in [-0.1, -0.05) is 11.3 Å². The van der Waals surface area contributed by atoms with E-state index in [0.717, 1.165) is 11.3 Å². The monoisotopic (exact) mass is 483 g/mol. The van der Waals surface area contributed by atoms with E-state index in [4.69, 9.17) is 4.74 Å². The number of aromatic nitrogens is 5. The molecule has 0 spiro atoms. The van der Waals surface area contributed by atoms with E-state index in [0.29, 0.717) is 52.0 Å². The Morgan fingerprint density at radius 1 is 1.24 bits per heavy atom. The number of piperidine rings is 1. The molecule has 1 aliphatic rings. The van der Waals surface area contributed by atoms with E-state index in [1.54, 1.807) is 19.9 Å². The van der Waals surface area contributed by atoms with E-state index < -0.39 is 18.0 Å². The number of carbonyl (C=O) groups is 2. The van der Waals surface area contributed by atoms with Gasteiger partial charge < -0.3 is 15.0 Å². The molecule has 0 radical (unpaired) electrons. The van der Waals surface area contributed by atoms with Gasteiger partial charge in [0, 0.05) is 19.0 Å². The molecule has 1 fully saturated rings. The lowest BCUT2D eigenvalue weighted by molar-refractivity contribution is -0.146. The first-order chi connectivity index (χ1) is 15.7. The standard InChI is InChI=1S/C19H20F3N7O3S/c1-3-32-16(31)14-10(2)23-18(33-14)24-15(30)11-6-8-28(9-7-11)13-5-4-12-25-26-17(19(20,21)22)29(12)27-13/h4-5,11H,3,6-9H2,1-2H3,(H,23,24,30). The average molecular weight is 483 g/mol. The molecule has 4 rings (SSSR count).